The van der Waals surface area contributed by atoms with Gasteiger partial charge >= 0.3 is 0 Å². The van der Waals surface area contributed by atoms with E-state index in [4.69, 9.17) is 5.10 Å². The number of para-hydroxylation sites is 3. The lowest BCUT2D eigenvalue weighted by Gasteiger charge is -2.14. The Balaban J connectivity index is 1.51. The molecule has 0 saturated heterocycles. The van der Waals surface area contributed by atoms with Crippen LogP contribution in [0, 0.1) is 0 Å². The summed E-state index contributed by atoms with van der Waals surface area (Å²) in [6.45, 7) is 0. The van der Waals surface area contributed by atoms with Crippen molar-refractivity contribution in [2.45, 2.75) is 0 Å². The molecule has 0 aliphatic rings. The first kappa shape index (κ1) is 20.3. The molecule has 2 N–H and O–H groups in total. The molecule has 1 aromatic heterocycles. The van der Waals surface area contributed by atoms with Crippen LogP contribution in [0.15, 0.2) is 121 Å². The Labute approximate surface area is 192 Å². The zero-order valence-electron chi connectivity index (χ0n) is 17.8. The summed E-state index contributed by atoms with van der Waals surface area (Å²) in [5.41, 5.74) is 4.89. The second-order valence-corrected chi connectivity index (χ2v) is 7.52. The third kappa shape index (κ3) is 4.52. The van der Waals surface area contributed by atoms with Gasteiger partial charge in [0.25, 0.3) is 5.91 Å². The van der Waals surface area contributed by atoms with Gasteiger partial charge in [-0.25, -0.2) is 4.68 Å². The van der Waals surface area contributed by atoms with Crippen molar-refractivity contribution in [3.63, 3.8) is 0 Å². The molecule has 0 aliphatic heterocycles. The lowest BCUT2D eigenvalue weighted by Crippen LogP contribution is -2.13. The van der Waals surface area contributed by atoms with Crippen molar-refractivity contribution in [1.29, 1.82) is 0 Å². The molecule has 1 heterocycles. The van der Waals surface area contributed by atoms with Crippen molar-refractivity contribution in [2.75, 3.05) is 10.6 Å². The number of amides is 1. The molecule has 0 atom stereocenters. The number of benzene rings is 4. The lowest BCUT2D eigenvalue weighted by molar-refractivity contribution is 0.102. The van der Waals surface area contributed by atoms with Gasteiger partial charge < -0.3 is 10.6 Å². The van der Waals surface area contributed by atoms with Crippen molar-refractivity contribution >= 4 is 23.1 Å². The molecule has 1 amide bonds. The summed E-state index contributed by atoms with van der Waals surface area (Å²) >= 11 is 0. The molecule has 0 fully saturated rings. The predicted molar refractivity (Wildman–Crippen MR) is 133 cm³/mol. The largest absolute Gasteiger partial charge is 0.338 e. The van der Waals surface area contributed by atoms with Crippen molar-refractivity contribution in [3.05, 3.63) is 127 Å². The predicted octanol–water partition coefficient (Wildman–Crippen LogP) is 6.54. The highest BCUT2D eigenvalue weighted by Crippen LogP contribution is 2.30. The highest BCUT2D eigenvalue weighted by Gasteiger charge is 2.14. The molecular formula is C28H22N4O. The van der Waals surface area contributed by atoms with Gasteiger partial charge in [0.05, 0.1) is 22.8 Å². The summed E-state index contributed by atoms with van der Waals surface area (Å²) in [5, 5.41) is 11.3. The summed E-state index contributed by atoms with van der Waals surface area (Å²) < 4.78 is 1.87. The first-order valence-corrected chi connectivity index (χ1v) is 10.7. The van der Waals surface area contributed by atoms with Crippen molar-refractivity contribution in [3.8, 4) is 16.9 Å². The van der Waals surface area contributed by atoms with Crippen molar-refractivity contribution in [2.24, 2.45) is 0 Å². The van der Waals surface area contributed by atoms with E-state index in [1.165, 1.54) is 0 Å². The number of carbonyl (C=O) groups excluding carboxylic acids is 1. The van der Waals surface area contributed by atoms with E-state index in [0.717, 1.165) is 28.5 Å². The molecule has 0 radical (unpaired) electrons. The highest BCUT2D eigenvalue weighted by molar-refractivity contribution is 6.06. The molecule has 33 heavy (non-hydrogen) atoms. The SMILES string of the molecule is O=C(Nc1ccccc1Nc1cc(-c2ccccc2)nn1-c1ccccc1)c1ccccc1. The summed E-state index contributed by atoms with van der Waals surface area (Å²) in [4.78, 5) is 12.7. The van der Waals surface area contributed by atoms with Crippen LogP contribution in [-0.2, 0) is 0 Å². The fourth-order valence-electron chi connectivity index (χ4n) is 3.61. The van der Waals surface area contributed by atoms with Crippen LogP contribution in [-0.4, -0.2) is 15.7 Å². The zero-order valence-corrected chi connectivity index (χ0v) is 17.8. The Hall–Kier alpha value is -4.64. The molecule has 5 nitrogen and oxygen atoms in total. The van der Waals surface area contributed by atoms with Gasteiger partial charge in [0, 0.05) is 17.2 Å². The average molecular weight is 431 g/mol. The minimum Gasteiger partial charge on any atom is -0.338 e. The summed E-state index contributed by atoms with van der Waals surface area (Å²) in [7, 11) is 0. The number of rotatable bonds is 6. The number of hydrogen-bond acceptors (Lipinski definition) is 3. The zero-order chi connectivity index (χ0) is 22.5. The number of nitrogens with zero attached hydrogens (tertiary/aromatic N) is 2. The number of nitrogens with one attached hydrogen (secondary N) is 2. The maximum absolute atomic E-state index is 12.7. The lowest BCUT2D eigenvalue weighted by atomic mass is 10.1. The maximum atomic E-state index is 12.7. The molecule has 0 unspecified atom stereocenters. The van der Waals surface area contributed by atoms with Crippen LogP contribution in [0.4, 0.5) is 17.2 Å². The molecule has 0 bridgehead atoms. The first-order valence-electron chi connectivity index (χ1n) is 10.7. The van der Waals surface area contributed by atoms with Crippen LogP contribution >= 0.6 is 0 Å². The average Bonchev–Trinajstić information content (AvgIpc) is 3.30. The van der Waals surface area contributed by atoms with Gasteiger partial charge in [0.1, 0.15) is 5.82 Å². The van der Waals surface area contributed by atoms with Gasteiger partial charge in [-0.05, 0) is 36.4 Å². The fraction of sp³-hybridized carbons (Fsp3) is 0. The second-order valence-electron chi connectivity index (χ2n) is 7.52. The van der Waals surface area contributed by atoms with E-state index in [9.17, 15) is 4.79 Å². The van der Waals surface area contributed by atoms with Crippen molar-refractivity contribution < 1.29 is 4.79 Å². The van der Waals surface area contributed by atoms with Gasteiger partial charge in [-0.15, -0.1) is 0 Å². The summed E-state index contributed by atoms with van der Waals surface area (Å²) in [6.07, 6.45) is 0. The van der Waals surface area contributed by atoms with Crippen LogP contribution in [0.2, 0.25) is 0 Å². The second kappa shape index (κ2) is 9.24. The highest BCUT2D eigenvalue weighted by atomic mass is 16.1. The van der Waals surface area contributed by atoms with Crippen LogP contribution in [0.25, 0.3) is 16.9 Å². The molecule has 160 valence electrons. The van der Waals surface area contributed by atoms with E-state index < -0.39 is 0 Å². The third-order valence-electron chi connectivity index (χ3n) is 5.25. The standard InChI is InChI=1S/C28H22N4O/c33-28(22-14-6-2-7-15-22)30-25-19-11-10-18-24(25)29-27-20-26(21-12-4-1-5-13-21)31-32(27)23-16-8-3-9-17-23/h1-20,29H,(H,30,33). The molecule has 5 rings (SSSR count). The maximum Gasteiger partial charge on any atom is 0.255 e. The Morgan fingerprint density at radius 1 is 0.667 bits per heavy atom. The molecule has 4 aromatic carbocycles. The number of carbonyl (C=O) groups is 1. The van der Waals surface area contributed by atoms with Gasteiger partial charge in [-0.3, -0.25) is 4.79 Å². The summed E-state index contributed by atoms with van der Waals surface area (Å²) in [5.74, 6) is 0.632. The van der Waals surface area contributed by atoms with E-state index in [1.807, 2.05) is 114 Å². The quantitative estimate of drug-likeness (QED) is 0.322. The minimum atomic E-state index is -0.161. The molecular weight excluding hydrogens is 408 g/mol. The van der Waals surface area contributed by atoms with E-state index in [-0.39, 0.29) is 5.91 Å². The third-order valence-corrected chi connectivity index (χ3v) is 5.25. The summed E-state index contributed by atoms with van der Waals surface area (Å²) in [6, 6.07) is 38.9. The molecule has 0 spiro atoms. The van der Waals surface area contributed by atoms with E-state index in [0.29, 0.717) is 11.3 Å². The molecule has 5 heteroatoms. The van der Waals surface area contributed by atoms with Crippen LogP contribution in [0.1, 0.15) is 10.4 Å². The first-order chi connectivity index (χ1) is 16.3. The van der Waals surface area contributed by atoms with Gasteiger partial charge in [-0.2, -0.15) is 5.10 Å². The van der Waals surface area contributed by atoms with Gasteiger partial charge in [0.15, 0.2) is 0 Å². The Morgan fingerprint density at radius 3 is 1.94 bits per heavy atom. The smallest absolute Gasteiger partial charge is 0.255 e. The number of aromatic nitrogens is 2. The van der Waals surface area contributed by atoms with Crippen LogP contribution < -0.4 is 10.6 Å². The fourth-order valence-corrected chi connectivity index (χ4v) is 3.61. The van der Waals surface area contributed by atoms with Gasteiger partial charge in [0.2, 0.25) is 0 Å². The monoisotopic (exact) mass is 430 g/mol. The van der Waals surface area contributed by atoms with Crippen LogP contribution in [0.5, 0.6) is 0 Å². The van der Waals surface area contributed by atoms with E-state index in [1.54, 1.807) is 12.1 Å². The number of anilines is 3. The van der Waals surface area contributed by atoms with Crippen LogP contribution in [0.3, 0.4) is 0 Å². The van der Waals surface area contributed by atoms with E-state index >= 15 is 0 Å². The Bertz CT molecular complexity index is 1360. The van der Waals surface area contributed by atoms with E-state index in [2.05, 4.69) is 10.6 Å². The minimum absolute atomic E-state index is 0.161. The normalized spacial score (nSPS) is 10.5. The molecule has 0 aliphatic carbocycles. The van der Waals surface area contributed by atoms with Gasteiger partial charge in [-0.1, -0.05) is 78.9 Å². The Kier molecular flexibility index (Phi) is 5.68. The van der Waals surface area contributed by atoms with Crippen molar-refractivity contribution in [1.82, 2.24) is 9.78 Å². The number of hydrogen-bond donors (Lipinski definition) is 2. The molecule has 5 aromatic rings. The molecule has 0 saturated carbocycles. The Morgan fingerprint density at radius 2 is 1.24 bits per heavy atom. The topological polar surface area (TPSA) is 59.0 Å².